The summed E-state index contributed by atoms with van der Waals surface area (Å²) < 4.78 is 8.84. The fourth-order valence-corrected chi connectivity index (χ4v) is 0.481. The minimum absolute atomic E-state index is 0.226. The van der Waals surface area contributed by atoms with Crippen molar-refractivity contribution in [1.29, 1.82) is 0 Å². The summed E-state index contributed by atoms with van der Waals surface area (Å²) in [5.41, 5.74) is 0. The standard InChI is InChI=1S/C7H10O4/c1-5(11-6(2)8)4-7(9)10-3/h4H,1-3H3/b5-4-. The Kier molecular flexibility index (Phi) is 3.95. The van der Waals surface area contributed by atoms with Crippen LogP contribution < -0.4 is 0 Å². The molecule has 0 aromatic heterocycles. The SMILES string of the molecule is COC(=O)/C=C(/C)OC(C)=O. The minimum Gasteiger partial charge on any atom is -0.466 e. The van der Waals surface area contributed by atoms with E-state index in [0.717, 1.165) is 6.08 Å². The van der Waals surface area contributed by atoms with Gasteiger partial charge in [0.1, 0.15) is 5.76 Å². The molecule has 0 aromatic carbocycles. The third-order valence-electron chi connectivity index (χ3n) is 0.827. The van der Waals surface area contributed by atoms with Gasteiger partial charge in [-0.25, -0.2) is 4.79 Å². The molecule has 62 valence electrons. The summed E-state index contributed by atoms with van der Waals surface area (Å²) >= 11 is 0. The van der Waals surface area contributed by atoms with Crippen molar-refractivity contribution in [1.82, 2.24) is 0 Å². The lowest BCUT2D eigenvalue weighted by Crippen LogP contribution is -2.01. The van der Waals surface area contributed by atoms with Gasteiger partial charge < -0.3 is 9.47 Å². The zero-order valence-electron chi connectivity index (χ0n) is 6.71. The zero-order valence-corrected chi connectivity index (χ0v) is 6.71. The monoisotopic (exact) mass is 158 g/mol. The largest absolute Gasteiger partial charge is 0.466 e. The second-order valence-electron chi connectivity index (χ2n) is 1.87. The second kappa shape index (κ2) is 4.49. The van der Waals surface area contributed by atoms with E-state index >= 15 is 0 Å². The van der Waals surface area contributed by atoms with Gasteiger partial charge in [0.25, 0.3) is 0 Å². The van der Waals surface area contributed by atoms with Crippen LogP contribution in [0.25, 0.3) is 0 Å². The molecule has 0 radical (unpaired) electrons. The Morgan fingerprint density at radius 1 is 1.27 bits per heavy atom. The highest BCUT2D eigenvalue weighted by Crippen LogP contribution is 1.95. The summed E-state index contributed by atoms with van der Waals surface area (Å²) in [6.45, 7) is 2.76. The molecule has 0 aromatic rings. The Hall–Kier alpha value is -1.32. The Morgan fingerprint density at radius 2 is 1.82 bits per heavy atom. The maximum Gasteiger partial charge on any atom is 0.333 e. The summed E-state index contributed by atoms with van der Waals surface area (Å²) in [6, 6.07) is 0. The van der Waals surface area contributed by atoms with Gasteiger partial charge in [-0.3, -0.25) is 4.79 Å². The first-order valence-electron chi connectivity index (χ1n) is 3.01. The lowest BCUT2D eigenvalue weighted by Gasteiger charge is -1.98. The van der Waals surface area contributed by atoms with Gasteiger partial charge in [-0.05, 0) is 6.92 Å². The molecule has 0 unspecified atom stereocenters. The van der Waals surface area contributed by atoms with E-state index in [1.807, 2.05) is 0 Å². The number of methoxy groups -OCH3 is 1. The van der Waals surface area contributed by atoms with Crippen LogP contribution in [0, 0.1) is 0 Å². The van der Waals surface area contributed by atoms with Crippen LogP contribution in [0.5, 0.6) is 0 Å². The van der Waals surface area contributed by atoms with E-state index in [0.29, 0.717) is 0 Å². The van der Waals surface area contributed by atoms with E-state index in [1.165, 1.54) is 21.0 Å². The average molecular weight is 158 g/mol. The van der Waals surface area contributed by atoms with Gasteiger partial charge in [-0.2, -0.15) is 0 Å². The maximum absolute atomic E-state index is 10.5. The Morgan fingerprint density at radius 3 is 2.18 bits per heavy atom. The topological polar surface area (TPSA) is 52.6 Å². The van der Waals surface area contributed by atoms with Crippen LogP contribution >= 0.6 is 0 Å². The molecule has 0 saturated carbocycles. The van der Waals surface area contributed by atoms with Crippen molar-refractivity contribution in [3.05, 3.63) is 11.8 Å². The van der Waals surface area contributed by atoms with Gasteiger partial charge in [0, 0.05) is 6.92 Å². The lowest BCUT2D eigenvalue weighted by molar-refractivity contribution is -0.137. The van der Waals surface area contributed by atoms with Gasteiger partial charge in [-0.15, -0.1) is 0 Å². The summed E-state index contributed by atoms with van der Waals surface area (Å²) in [5, 5.41) is 0. The Labute approximate surface area is 64.8 Å². The molecule has 0 saturated heterocycles. The molecule has 0 aliphatic carbocycles. The van der Waals surface area contributed by atoms with E-state index in [1.54, 1.807) is 0 Å². The number of carbonyl (C=O) groups is 2. The van der Waals surface area contributed by atoms with Crippen molar-refractivity contribution in [2.75, 3.05) is 7.11 Å². The molecule has 0 amide bonds. The van der Waals surface area contributed by atoms with Gasteiger partial charge in [0.15, 0.2) is 0 Å². The van der Waals surface area contributed by atoms with Crippen LogP contribution in [0.15, 0.2) is 11.8 Å². The number of esters is 2. The molecule has 0 heterocycles. The van der Waals surface area contributed by atoms with Crippen LogP contribution in [0.3, 0.4) is 0 Å². The average Bonchev–Trinajstić information content (AvgIpc) is 1.85. The number of hydrogen-bond acceptors (Lipinski definition) is 4. The van der Waals surface area contributed by atoms with Crippen LogP contribution in [-0.2, 0) is 19.1 Å². The molecule has 4 heteroatoms. The van der Waals surface area contributed by atoms with E-state index in [-0.39, 0.29) is 5.76 Å². The summed E-state index contributed by atoms with van der Waals surface area (Å²) in [7, 11) is 1.25. The van der Waals surface area contributed by atoms with Crippen LogP contribution in [0.2, 0.25) is 0 Å². The molecule has 0 N–H and O–H groups in total. The molecule has 0 atom stereocenters. The van der Waals surface area contributed by atoms with Crippen molar-refractivity contribution in [3.8, 4) is 0 Å². The number of allylic oxidation sites excluding steroid dienone is 1. The number of hydrogen-bond donors (Lipinski definition) is 0. The van der Waals surface area contributed by atoms with E-state index in [9.17, 15) is 9.59 Å². The van der Waals surface area contributed by atoms with Crippen molar-refractivity contribution in [2.24, 2.45) is 0 Å². The smallest absolute Gasteiger partial charge is 0.333 e. The molecular weight excluding hydrogens is 148 g/mol. The first-order valence-corrected chi connectivity index (χ1v) is 3.01. The zero-order chi connectivity index (χ0) is 8.85. The molecule has 0 spiro atoms. The van der Waals surface area contributed by atoms with Crippen LogP contribution in [0.4, 0.5) is 0 Å². The van der Waals surface area contributed by atoms with Gasteiger partial charge >= 0.3 is 11.9 Å². The highest BCUT2D eigenvalue weighted by Gasteiger charge is 1.99. The first-order chi connectivity index (χ1) is 5.06. The molecular formula is C7H10O4. The van der Waals surface area contributed by atoms with E-state index in [4.69, 9.17) is 0 Å². The normalized spacial score (nSPS) is 10.6. The third kappa shape index (κ3) is 5.14. The van der Waals surface area contributed by atoms with Crippen molar-refractivity contribution >= 4 is 11.9 Å². The number of carbonyl (C=O) groups excluding carboxylic acids is 2. The summed E-state index contributed by atoms with van der Waals surface area (Å²) in [6.07, 6.45) is 1.10. The molecule has 11 heavy (non-hydrogen) atoms. The third-order valence-corrected chi connectivity index (χ3v) is 0.827. The van der Waals surface area contributed by atoms with Crippen LogP contribution in [0.1, 0.15) is 13.8 Å². The predicted octanol–water partition coefficient (Wildman–Crippen LogP) is 0.626. The molecule has 0 rings (SSSR count). The second-order valence-corrected chi connectivity index (χ2v) is 1.87. The highest BCUT2D eigenvalue weighted by molar-refractivity contribution is 5.82. The van der Waals surface area contributed by atoms with Gasteiger partial charge in [0.05, 0.1) is 13.2 Å². The number of rotatable bonds is 2. The van der Waals surface area contributed by atoms with Crippen molar-refractivity contribution in [3.63, 3.8) is 0 Å². The van der Waals surface area contributed by atoms with Crippen molar-refractivity contribution < 1.29 is 19.1 Å². The summed E-state index contributed by atoms with van der Waals surface area (Å²) in [5.74, 6) is -0.768. The number of ether oxygens (including phenoxy) is 2. The highest BCUT2D eigenvalue weighted by atomic mass is 16.5. The Bertz CT molecular complexity index is 193. The van der Waals surface area contributed by atoms with Crippen LogP contribution in [-0.4, -0.2) is 19.0 Å². The molecule has 0 bridgehead atoms. The van der Waals surface area contributed by atoms with Crippen molar-refractivity contribution in [2.45, 2.75) is 13.8 Å². The fraction of sp³-hybridized carbons (Fsp3) is 0.429. The lowest BCUT2D eigenvalue weighted by atomic mass is 10.5. The Balaban J connectivity index is 4.00. The van der Waals surface area contributed by atoms with E-state index < -0.39 is 11.9 Å². The molecule has 0 fully saturated rings. The van der Waals surface area contributed by atoms with Gasteiger partial charge in [0.2, 0.25) is 0 Å². The quantitative estimate of drug-likeness (QED) is 0.336. The van der Waals surface area contributed by atoms with E-state index in [2.05, 4.69) is 9.47 Å². The fourth-order valence-electron chi connectivity index (χ4n) is 0.481. The molecule has 4 nitrogen and oxygen atoms in total. The molecule has 0 aliphatic rings. The molecule has 0 aliphatic heterocycles. The minimum atomic E-state index is -0.538. The first kappa shape index (κ1) is 9.68. The van der Waals surface area contributed by atoms with Gasteiger partial charge in [-0.1, -0.05) is 0 Å². The maximum atomic E-state index is 10.5. The summed E-state index contributed by atoms with van der Waals surface area (Å²) in [4.78, 5) is 20.8. The predicted molar refractivity (Wildman–Crippen MR) is 37.5 cm³/mol.